The first kappa shape index (κ1) is 22.1. The van der Waals surface area contributed by atoms with Crippen molar-refractivity contribution in [2.24, 2.45) is 0 Å². The molecule has 33 heavy (non-hydrogen) atoms. The lowest BCUT2D eigenvalue weighted by atomic mass is 10.1. The Hall–Kier alpha value is -4.12. The number of non-ortho nitro benzene ring substituents is 1. The Labute approximate surface area is 188 Å². The van der Waals surface area contributed by atoms with Gasteiger partial charge in [0, 0.05) is 36.4 Å². The third-order valence-electron chi connectivity index (χ3n) is 5.39. The van der Waals surface area contributed by atoms with Crippen LogP contribution in [-0.2, 0) is 0 Å². The fourth-order valence-corrected chi connectivity index (χ4v) is 3.60. The minimum absolute atomic E-state index is 0.0249. The van der Waals surface area contributed by atoms with Gasteiger partial charge in [-0.2, -0.15) is 0 Å². The van der Waals surface area contributed by atoms with Gasteiger partial charge in [-0.15, -0.1) is 0 Å². The van der Waals surface area contributed by atoms with Crippen LogP contribution in [0.25, 0.3) is 11.3 Å². The molecule has 1 aliphatic heterocycles. The van der Waals surface area contributed by atoms with Gasteiger partial charge >= 0.3 is 0 Å². The molecule has 0 atom stereocenters. The molecule has 0 unspecified atom stereocenters. The number of carbonyl (C=O) groups excluding carboxylic acids is 1. The lowest BCUT2D eigenvalue weighted by molar-refractivity contribution is -0.384. The average Bonchev–Trinajstić information content (AvgIpc) is 3.25. The first-order chi connectivity index (χ1) is 15.8. The van der Waals surface area contributed by atoms with E-state index in [2.05, 4.69) is 15.4 Å². The molecule has 3 N–H and O–H groups in total. The third kappa shape index (κ3) is 5.04. The summed E-state index contributed by atoms with van der Waals surface area (Å²) in [5.74, 6) is -0.802. The van der Waals surface area contributed by atoms with E-state index in [1.807, 2.05) is 7.05 Å². The van der Waals surface area contributed by atoms with Gasteiger partial charge in [-0.25, -0.2) is 0 Å². The number of benzene rings is 2. The number of nitrogens with zero attached hydrogens (tertiary/aromatic N) is 3. The number of piperidine rings is 1. The maximum Gasteiger partial charge on any atom is 0.290 e. The van der Waals surface area contributed by atoms with E-state index < -0.39 is 10.8 Å². The summed E-state index contributed by atoms with van der Waals surface area (Å²) >= 11 is 0. The standard InChI is InChI=1S/C22H22N4O7/c1-25-8-6-13(7-9-25)23-22(29)20-12-17(24-33-20)21-18(28)10-15(27)11-19(21)32-16-4-2-14(3-5-16)26(30)31/h2-5,10-13,27-28H,6-9H2,1H3,(H,23,29). The highest BCUT2D eigenvalue weighted by Gasteiger charge is 2.24. The van der Waals surface area contributed by atoms with Crippen LogP contribution in [0.1, 0.15) is 23.4 Å². The van der Waals surface area contributed by atoms with Crippen LogP contribution in [0, 0.1) is 10.1 Å². The number of hydrogen-bond donors (Lipinski definition) is 3. The Bertz CT molecular complexity index is 1170. The molecule has 4 rings (SSSR count). The van der Waals surface area contributed by atoms with Gasteiger partial charge in [0.25, 0.3) is 11.6 Å². The smallest absolute Gasteiger partial charge is 0.290 e. The molecule has 11 heteroatoms. The topological polar surface area (TPSA) is 151 Å². The number of ether oxygens (including phenoxy) is 1. The molecule has 1 amide bonds. The van der Waals surface area contributed by atoms with Crippen molar-refractivity contribution in [3.05, 3.63) is 58.3 Å². The molecule has 1 aliphatic rings. The maximum absolute atomic E-state index is 12.6. The predicted octanol–water partition coefficient (Wildman–Crippen LogP) is 3.28. The summed E-state index contributed by atoms with van der Waals surface area (Å²) in [6.45, 7) is 1.77. The van der Waals surface area contributed by atoms with Gasteiger partial charge in [0.05, 0.1) is 10.5 Å². The van der Waals surface area contributed by atoms with Crippen LogP contribution in [0.15, 0.2) is 47.0 Å². The van der Waals surface area contributed by atoms with Crippen LogP contribution >= 0.6 is 0 Å². The molecule has 2 heterocycles. The van der Waals surface area contributed by atoms with E-state index in [9.17, 15) is 25.1 Å². The van der Waals surface area contributed by atoms with Gasteiger partial charge < -0.3 is 29.7 Å². The second-order valence-corrected chi connectivity index (χ2v) is 7.82. The van der Waals surface area contributed by atoms with Gasteiger partial charge in [0.1, 0.15) is 28.7 Å². The number of nitro benzene ring substituents is 1. The van der Waals surface area contributed by atoms with E-state index in [0.717, 1.165) is 32.0 Å². The second kappa shape index (κ2) is 9.17. The summed E-state index contributed by atoms with van der Waals surface area (Å²) in [6, 6.07) is 9.05. The van der Waals surface area contributed by atoms with E-state index in [-0.39, 0.29) is 51.7 Å². The van der Waals surface area contributed by atoms with Gasteiger partial charge in [0.15, 0.2) is 0 Å². The summed E-state index contributed by atoms with van der Waals surface area (Å²) < 4.78 is 10.9. The monoisotopic (exact) mass is 454 g/mol. The number of phenols is 2. The molecule has 3 aromatic rings. The number of nitrogens with one attached hydrogen (secondary N) is 1. The van der Waals surface area contributed by atoms with E-state index in [1.54, 1.807) is 0 Å². The van der Waals surface area contributed by atoms with Gasteiger partial charge in [-0.1, -0.05) is 5.16 Å². The molecule has 0 aliphatic carbocycles. The number of amides is 1. The molecular weight excluding hydrogens is 432 g/mol. The zero-order valence-electron chi connectivity index (χ0n) is 17.7. The quantitative estimate of drug-likeness (QED) is 0.376. The van der Waals surface area contributed by atoms with Crippen molar-refractivity contribution in [3.8, 4) is 34.3 Å². The number of likely N-dealkylation sites (tertiary alicyclic amines) is 1. The van der Waals surface area contributed by atoms with Crippen molar-refractivity contribution < 1.29 is 29.2 Å². The Morgan fingerprint density at radius 2 is 1.91 bits per heavy atom. The van der Waals surface area contributed by atoms with Gasteiger partial charge in [-0.3, -0.25) is 14.9 Å². The van der Waals surface area contributed by atoms with E-state index in [4.69, 9.17) is 9.26 Å². The maximum atomic E-state index is 12.6. The van der Waals surface area contributed by atoms with Crippen LogP contribution in [-0.4, -0.2) is 57.3 Å². The Morgan fingerprint density at radius 1 is 1.21 bits per heavy atom. The summed E-state index contributed by atoms with van der Waals surface area (Å²) in [5, 5.41) is 38.0. The fourth-order valence-electron chi connectivity index (χ4n) is 3.60. The lowest BCUT2D eigenvalue weighted by Crippen LogP contribution is -2.43. The molecule has 0 bridgehead atoms. The van der Waals surface area contributed by atoms with Crippen molar-refractivity contribution in [1.82, 2.24) is 15.4 Å². The predicted molar refractivity (Wildman–Crippen MR) is 116 cm³/mol. The minimum Gasteiger partial charge on any atom is -0.508 e. The molecule has 11 nitrogen and oxygen atoms in total. The van der Waals surface area contributed by atoms with Crippen LogP contribution < -0.4 is 10.1 Å². The number of nitro groups is 1. The number of aromatic hydroxyl groups is 2. The fraction of sp³-hybridized carbons (Fsp3) is 0.273. The number of phenolic OH excluding ortho intramolecular Hbond substituents is 2. The second-order valence-electron chi connectivity index (χ2n) is 7.82. The molecule has 2 aromatic carbocycles. The van der Waals surface area contributed by atoms with E-state index in [1.165, 1.54) is 36.4 Å². The first-order valence-corrected chi connectivity index (χ1v) is 10.2. The van der Waals surface area contributed by atoms with Crippen molar-refractivity contribution in [3.63, 3.8) is 0 Å². The van der Waals surface area contributed by atoms with Crippen LogP contribution in [0.5, 0.6) is 23.0 Å². The zero-order chi connectivity index (χ0) is 23.5. The molecule has 0 saturated carbocycles. The highest BCUT2D eigenvalue weighted by Crippen LogP contribution is 2.42. The van der Waals surface area contributed by atoms with Crippen LogP contribution in [0.3, 0.4) is 0 Å². The first-order valence-electron chi connectivity index (χ1n) is 10.2. The number of rotatable bonds is 6. The summed E-state index contributed by atoms with van der Waals surface area (Å²) in [4.78, 5) is 25.1. The molecule has 172 valence electrons. The molecular formula is C22H22N4O7. The summed E-state index contributed by atoms with van der Waals surface area (Å²) in [7, 11) is 2.03. The molecule has 0 radical (unpaired) electrons. The Balaban J connectivity index is 1.57. The van der Waals surface area contributed by atoms with Crippen LogP contribution in [0.2, 0.25) is 0 Å². The SMILES string of the molecule is CN1CCC(NC(=O)c2cc(-c3c(O)cc(O)cc3Oc3ccc([N+](=O)[O-])cc3)no2)CC1. The number of aromatic nitrogens is 1. The van der Waals surface area contributed by atoms with Gasteiger partial charge in [0.2, 0.25) is 5.76 Å². The largest absolute Gasteiger partial charge is 0.508 e. The highest BCUT2D eigenvalue weighted by molar-refractivity contribution is 5.93. The molecule has 1 fully saturated rings. The normalized spacial score (nSPS) is 14.7. The van der Waals surface area contributed by atoms with Gasteiger partial charge in [-0.05, 0) is 45.1 Å². The average molecular weight is 454 g/mol. The Kier molecular flexibility index (Phi) is 6.13. The van der Waals surface area contributed by atoms with Crippen molar-refractivity contribution in [2.45, 2.75) is 18.9 Å². The number of carbonyl (C=O) groups is 1. The zero-order valence-corrected chi connectivity index (χ0v) is 17.7. The highest BCUT2D eigenvalue weighted by atomic mass is 16.6. The summed E-state index contributed by atoms with van der Waals surface area (Å²) in [5.41, 5.74) is 0.101. The minimum atomic E-state index is -0.539. The van der Waals surface area contributed by atoms with E-state index >= 15 is 0 Å². The molecule has 0 spiro atoms. The number of hydrogen-bond acceptors (Lipinski definition) is 9. The van der Waals surface area contributed by atoms with Crippen molar-refractivity contribution in [2.75, 3.05) is 20.1 Å². The lowest BCUT2D eigenvalue weighted by Gasteiger charge is -2.29. The van der Waals surface area contributed by atoms with Crippen LogP contribution in [0.4, 0.5) is 5.69 Å². The summed E-state index contributed by atoms with van der Waals surface area (Å²) in [6.07, 6.45) is 1.66. The molecule has 1 aromatic heterocycles. The molecule has 1 saturated heterocycles. The Morgan fingerprint density at radius 3 is 2.58 bits per heavy atom. The third-order valence-corrected chi connectivity index (χ3v) is 5.39. The van der Waals surface area contributed by atoms with E-state index in [0.29, 0.717) is 0 Å². The van der Waals surface area contributed by atoms with Crippen molar-refractivity contribution in [1.29, 1.82) is 0 Å². The van der Waals surface area contributed by atoms with Crippen molar-refractivity contribution >= 4 is 11.6 Å².